The van der Waals surface area contributed by atoms with Crippen molar-refractivity contribution in [2.45, 2.75) is 53.0 Å². The molecule has 3 rings (SSSR count). The molecule has 1 atom stereocenters. The Morgan fingerprint density at radius 3 is 2.29 bits per heavy atom. The number of carbonyl (C=O) groups excluding carboxylic acids is 2. The molecule has 1 aliphatic rings. The number of ketones is 1. The molecule has 188 valence electrons. The minimum atomic E-state index is -0.699. The molecule has 1 N–H and O–H groups in total. The molecule has 0 radical (unpaired) electrons. The second-order valence-corrected chi connectivity index (χ2v) is 10.5. The molecule has 1 saturated heterocycles. The van der Waals surface area contributed by atoms with Crippen molar-refractivity contribution < 1.29 is 24.2 Å². The SMILES string of the molecule is COCCN1C(=O)C(=O)C(=C(O)c2ccc(OCC(C)C)cc2C)C1c1ccc(C(C)(C)C)cc1. The number of methoxy groups -OCH3 is 1. The van der Waals surface area contributed by atoms with Gasteiger partial charge in [0, 0.05) is 19.2 Å². The van der Waals surface area contributed by atoms with Crippen LogP contribution < -0.4 is 4.74 Å². The van der Waals surface area contributed by atoms with Gasteiger partial charge in [-0.3, -0.25) is 9.59 Å². The van der Waals surface area contributed by atoms with Gasteiger partial charge >= 0.3 is 0 Å². The van der Waals surface area contributed by atoms with Crippen molar-refractivity contribution in [1.82, 2.24) is 4.90 Å². The van der Waals surface area contributed by atoms with Crippen LogP contribution in [0.2, 0.25) is 0 Å². The first-order valence-electron chi connectivity index (χ1n) is 12.1. The second-order valence-electron chi connectivity index (χ2n) is 10.5. The lowest BCUT2D eigenvalue weighted by atomic mass is 9.85. The van der Waals surface area contributed by atoms with E-state index in [1.807, 2.05) is 37.3 Å². The maximum atomic E-state index is 13.2. The number of amides is 1. The summed E-state index contributed by atoms with van der Waals surface area (Å²) in [5, 5.41) is 11.4. The number of aliphatic hydroxyl groups excluding tert-OH is 1. The van der Waals surface area contributed by atoms with E-state index in [1.54, 1.807) is 19.2 Å². The van der Waals surface area contributed by atoms with Crippen LogP contribution in [0, 0.1) is 12.8 Å². The van der Waals surface area contributed by atoms with Gasteiger partial charge in [0.1, 0.15) is 11.5 Å². The summed E-state index contributed by atoms with van der Waals surface area (Å²) < 4.78 is 11.0. The zero-order valence-corrected chi connectivity index (χ0v) is 21.8. The van der Waals surface area contributed by atoms with Gasteiger partial charge in [0.2, 0.25) is 0 Å². The second kappa shape index (κ2) is 10.6. The maximum Gasteiger partial charge on any atom is 0.295 e. The topological polar surface area (TPSA) is 76.1 Å². The summed E-state index contributed by atoms with van der Waals surface area (Å²) in [4.78, 5) is 27.7. The maximum absolute atomic E-state index is 13.2. The number of likely N-dealkylation sites (tertiary alicyclic amines) is 1. The molecular weight excluding hydrogens is 442 g/mol. The van der Waals surface area contributed by atoms with Crippen molar-refractivity contribution in [3.63, 3.8) is 0 Å². The molecule has 2 aromatic carbocycles. The molecule has 35 heavy (non-hydrogen) atoms. The molecule has 1 unspecified atom stereocenters. The Bertz CT molecular complexity index is 1110. The number of nitrogens with zero attached hydrogens (tertiary/aromatic N) is 1. The zero-order valence-electron chi connectivity index (χ0n) is 21.8. The van der Waals surface area contributed by atoms with E-state index in [2.05, 4.69) is 34.6 Å². The Morgan fingerprint density at radius 1 is 1.09 bits per heavy atom. The molecule has 0 spiro atoms. The van der Waals surface area contributed by atoms with Crippen molar-refractivity contribution in [3.05, 3.63) is 70.3 Å². The Hall–Kier alpha value is -3.12. The van der Waals surface area contributed by atoms with Crippen LogP contribution in [0.25, 0.3) is 5.76 Å². The molecular formula is C29H37NO5. The van der Waals surface area contributed by atoms with Crippen LogP contribution in [0.1, 0.15) is 62.9 Å². The van der Waals surface area contributed by atoms with Crippen molar-refractivity contribution in [3.8, 4) is 5.75 Å². The first-order valence-corrected chi connectivity index (χ1v) is 12.1. The monoisotopic (exact) mass is 479 g/mol. The average molecular weight is 480 g/mol. The highest BCUT2D eigenvalue weighted by atomic mass is 16.5. The fourth-order valence-electron chi connectivity index (χ4n) is 4.21. The lowest BCUT2D eigenvalue weighted by Gasteiger charge is -2.26. The molecule has 0 aliphatic carbocycles. The third-order valence-electron chi connectivity index (χ3n) is 6.21. The summed E-state index contributed by atoms with van der Waals surface area (Å²) in [5.41, 5.74) is 3.23. The van der Waals surface area contributed by atoms with E-state index in [-0.39, 0.29) is 29.9 Å². The third-order valence-corrected chi connectivity index (χ3v) is 6.21. The molecule has 0 bridgehead atoms. The highest BCUT2D eigenvalue weighted by molar-refractivity contribution is 6.46. The van der Waals surface area contributed by atoms with E-state index in [1.165, 1.54) is 4.90 Å². The first kappa shape index (κ1) is 26.5. The van der Waals surface area contributed by atoms with Crippen LogP contribution in [0.3, 0.4) is 0 Å². The number of aryl methyl sites for hydroxylation is 1. The molecule has 1 aliphatic heterocycles. The molecule has 0 saturated carbocycles. The fourth-order valence-corrected chi connectivity index (χ4v) is 4.21. The van der Waals surface area contributed by atoms with Gasteiger partial charge in [-0.1, -0.05) is 58.9 Å². The largest absolute Gasteiger partial charge is 0.507 e. The lowest BCUT2D eigenvalue weighted by molar-refractivity contribution is -0.140. The van der Waals surface area contributed by atoms with Gasteiger partial charge in [-0.05, 0) is 53.1 Å². The van der Waals surface area contributed by atoms with Gasteiger partial charge in [0.15, 0.2) is 0 Å². The number of benzene rings is 2. The smallest absolute Gasteiger partial charge is 0.295 e. The number of carbonyl (C=O) groups is 2. The number of ether oxygens (including phenoxy) is 2. The molecule has 0 aromatic heterocycles. The van der Waals surface area contributed by atoms with E-state index in [9.17, 15) is 14.7 Å². The molecule has 1 amide bonds. The minimum Gasteiger partial charge on any atom is -0.507 e. The Morgan fingerprint density at radius 2 is 1.74 bits per heavy atom. The van der Waals surface area contributed by atoms with E-state index >= 15 is 0 Å². The summed E-state index contributed by atoms with van der Waals surface area (Å²) in [6.07, 6.45) is 0. The van der Waals surface area contributed by atoms with Crippen LogP contribution >= 0.6 is 0 Å². The van der Waals surface area contributed by atoms with Gasteiger partial charge in [-0.25, -0.2) is 0 Å². The normalized spacial score (nSPS) is 17.9. The summed E-state index contributed by atoms with van der Waals surface area (Å²) in [6.45, 7) is 13.5. The van der Waals surface area contributed by atoms with Gasteiger partial charge in [0.25, 0.3) is 11.7 Å². The van der Waals surface area contributed by atoms with Crippen molar-refractivity contribution in [2.75, 3.05) is 26.9 Å². The summed E-state index contributed by atoms with van der Waals surface area (Å²) in [7, 11) is 1.55. The van der Waals surface area contributed by atoms with E-state index in [4.69, 9.17) is 9.47 Å². The molecule has 1 fully saturated rings. The van der Waals surface area contributed by atoms with Crippen LogP contribution in [-0.4, -0.2) is 48.6 Å². The van der Waals surface area contributed by atoms with Crippen molar-refractivity contribution in [1.29, 1.82) is 0 Å². The van der Waals surface area contributed by atoms with E-state index < -0.39 is 17.7 Å². The van der Waals surface area contributed by atoms with Gasteiger partial charge in [-0.2, -0.15) is 0 Å². The highest BCUT2D eigenvalue weighted by Crippen LogP contribution is 2.40. The number of aliphatic hydroxyl groups is 1. The summed E-state index contributed by atoms with van der Waals surface area (Å²) >= 11 is 0. The Kier molecular flexibility index (Phi) is 8.06. The molecule has 6 heteroatoms. The van der Waals surface area contributed by atoms with E-state index in [0.717, 1.165) is 16.7 Å². The van der Waals surface area contributed by atoms with Gasteiger partial charge in [-0.15, -0.1) is 0 Å². The standard InChI is InChI=1S/C29H37NO5/c1-18(2)17-35-22-12-13-23(19(3)16-22)26(31)24-25(30(14-15-34-7)28(33)27(24)32)20-8-10-21(11-9-20)29(4,5)6/h8-13,16,18,25,31H,14-15,17H2,1-7H3. The number of rotatable bonds is 8. The predicted molar refractivity (Wildman–Crippen MR) is 138 cm³/mol. The van der Waals surface area contributed by atoms with Gasteiger partial charge in [0.05, 0.1) is 24.8 Å². The van der Waals surface area contributed by atoms with Gasteiger partial charge < -0.3 is 19.5 Å². The van der Waals surface area contributed by atoms with Crippen LogP contribution in [-0.2, 0) is 19.7 Å². The summed E-state index contributed by atoms with van der Waals surface area (Å²) in [5.74, 6) is -0.425. The van der Waals surface area contributed by atoms with Crippen LogP contribution in [0.4, 0.5) is 0 Å². The first-order chi connectivity index (χ1) is 16.5. The predicted octanol–water partition coefficient (Wildman–Crippen LogP) is 5.40. The number of hydrogen-bond donors (Lipinski definition) is 1. The lowest BCUT2D eigenvalue weighted by Crippen LogP contribution is -2.32. The van der Waals surface area contributed by atoms with Crippen LogP contribution in [0.15, 0.2) is 48.0 Å². The average Bonchev–Trinajstić information content (AvgIpc) is 3.05. The Balaban J connectivity index is 2.09. The minimum absolute atomic E-state index is 0.0348. The third kappa shape index (κ3) is 5.76. The highest BCUT2D eigenvalue weighted by Gasteiger charge is 2.46. The van der Waals surface area contributed by atoms with E-state index in [0.29, 0.717) is 23.8 Å². The molecule has 2 aromatic rings. The zero-order chi connectivity index (χ0) is 25.9. The van der Waals surface area contributed by atoms with Crippen molar-refractivity contribution >= 4 is 17.4 Å². The molecule has 1 heterocycles. The number of Topliss-reactive ketones (excluding diaryl/α,β-unsaturated/α-hetero) is 1. The quantitative estimate of drug-likeness (QED) is 0.312. The number of hydrogen-bond acceptors (Lipinski definition) is 5. The van der Waals surface area contributed by atoms with Crippen molar-refractivity contribution in [2.24, 2.45) is 5.92 Å². The summed E-state index contributed by atoms with van der Waals surface area (Å²) in [6, 6.07) is 12.5. The molecule has 6 nitrogen and oxygen atoms in total. The Labute approximate surface area is 208 Å². The fraction of sp³-hybridized carbons (Fsp3) is 0.448. The van der Waals surface area contributed by atoms with Crippen LogP contribution in [0.5, 0.6) is 5.75 Å².